The maximum Gasteiger partial charge on any atom is 0.339 e. The number of carbonyl (C=O) groups excluding carboxylic acids is 1. The smallest absolute Gasteiger partial charge is 0.339 e. The molecule has 0 aliphatic carbocycles. The minimum absolute atomic E-state index is 0.0302. The number of rotatable bonds is 14. The van der Waals surface area contributed by atoms with Gasteiger partial charge in [0.15, 0.2) is 0 Å². The molecule has 2 aromatic carbocycles. The van der Waals surface area contributed by atoms with Crippen LogP contribution in [-0.2, 0) is 4.74 Å². The molecule has 2 aromatic rings. The molecule has 30 heavy (non-hydrogen) atoms. The number of carboxylic acid groups (broad SMARTS) is 1. The fraction of sp³-hybridized carbons (Fsp3) is 0.462. The molecule has 2 rings (SSSR count). The van der Waals surface area contributed by atoms with Crippen molar-refractivity contribution < 1.29 is 19.4 Å². The lowest BCUT2D eigenvalue weighted by Crippen LogP contribution is -2.15. The van der Waals surface area contributed by atoms with Gasteiger partial charge in [-0.2, -0.15) is 0 Å². The number of hydrogen-bond acceptors (Lipinski definition) is 3. The van der Waals surface area contributed by atoms with Crippen molar-refractivity contribution in [1.82, 2.24) is 0 Å². The first-order valence-electron chi connectivity index (χ1n) is 11.2. The molecule has 1 unspecified atom stereocenters. The van der Waals surface area contributed by atoms with E-state index in [1.165, 1.54) is 57.1 Å². The second-order valence-electron chi connectivity index (χ2n) is 7.77. The number of esters is 1. The molecule has 0 bridgehead atoms. The van der Waals surface area contributed by atoms with Crippen LogP contribution in [0.15, 0.2) is 54.6 Å². The Bertz CT molecular complexity index is 770. The minimum Gasteiger partial charge on any atom is -0.478 e. The zero-order chi connectivity index (χ0) is 21.6. The molecular formula is C26H34O4. The van der Waals surface area contributed by atoms with Crippen molar-refractivity contribution in [1.29, 1.82) is 0 Å². The quantitative estimate of drug-likeness (QED) is 0.264. The van der Waals surface area contributed by atoms with E-state index in [0.29, 0.717) is 0 Å². The Morgan fingerprint density at radius 2 is 1.30 bits per heavy atom. The van der Waals surface area contributed by atoms with E-state index >= 15 is 0 Å². The highest BCUT2D eigenvalue weighted by Crippen LogP contribution is 2.26. The van der Waals surface area contributed by atoms with Crippen LogP contribution < -0.4 is 0 Å². The molecule has 0 saturated carbocycles. The van der Waals surface area contributed by atoms with Gasteiger partial charge < -0.3 is 9.84 Å². The average molecular weight is 411 g/mol. The van der Waals surface area contributed by atoms with Crippen molar-refractivity contribution in [2.75, 3.05) is 0 Å². The molecule has 162 valence electrons. The summed E-state index contributed by atoms with van der Waals surface area (Å²) in [6.07, 6.45) is 11.5. The maximum atomic E-state index is 12.7. The third kappa shape index (κ3) is 8.02. The Balaban J connectivity index is 1.90. The van der Waals surface area contributed by atoms with Crippen LogP contribution >= 0.6 is 0 Å². The topological polar surface area (TPSA) is 63.6 Å². The Morgan fingerprint density at radius 1 is 0.767 bits per heavy atom. The van der Waals surface area contributed by atoms with Gasteiger partial charge >= 0.3 is 11.9 Å². The van der Waals surface area contributed by atoms with Crippen molar-refractivity contribution in [3.05, 3.63) is 71.3 Å². The lowest BCUT2D eigenvalue weighted by molar-refractivity contribution is 0.0265. The van der Waals surface area contributed by atoms with Gasteiger partial charge in [0.25, 0.3) is 0 Å². The number of carbonyl (C=O) groups is 2. The Hall–Kier alpha value is -2.62. The van der Waals surface area contributed by atoms with Gasteiger partial charge in [-0.15, -0.1) is 0 Å². The van der Waals surface area contributed by atoms with E-state index in [0.717, 1.165) is 24.8 Å². The normalized spacial score (nSPS) is 11.8. The zero-order valence-corrected chi connectivity index (χ0v) is 18.0. The summed E-state index contributed by atoms with van der Waals surface area (Å²) in [5, 5.41) is 9.35. The average Bonchev–Trinajstić information content (AvgIpc) is 2.77. The number of benzene rings is 2. The van der Waals surface area contributed by atoms with Crippen LogP contribution in [0.2, 0.25) is 0 Å². The van der Waals surface area contributed by atoms with Gasteiger partial charge in [-0.1, -0.05) is 101 Å². The third-order valence-corrected chi connectivity index (χ3v) is 5.37. The fourth-order valence-electron chi connectivity index (χ4n) is 3.64. The van der Waals surface area contributed by atoms with Crippen LogP contribution in [0.3, 0.4) is 0 Å². The van der Waals surface area contributed by atoms with Crippen LogP contribution in [0, 0.1) is 0 Å². The molecule has 4 heteroatoms. The molecular weight excluding hydrogens is 376 g/mol. The highest BCUT2D eigenvalue weighted by Gasteiger charge is 2.22. The number of hydrogen-bond donors (Lipinski definition) is 1. The predicted molar refractivity (Wildman–Crippen MR) is 120 cm³/mol. The largest absolute Gasteiger partial charge is 0.478 e. The monoisotopic (exact) mass is 410 g/mol. The van der Waals surface area contributed by atoms with Crippen LogP contribution in [0.25, 0.3) is 0 Å². The van der Waals surface area contributed by atoms with Crippen LogP contribution in [-0.4, -0.2) is 17.0 Å². The summed E-state index contributed by atoms with van der Waals surface area (Å²) in [6.45, 7) is 2.23. The van der Waals surface area contributed by atoms with Crippen LogP contribution in [0.1, 0.15) is 104 Å². The van der Waals surface area contributed by atoms with E-state index in [4.69, 9.17) is 4.74 Å². The van der Waals surface area contributed by atoms with Crippen molar-refractivity contribution in [3.63, 3.8) is 0 Å². The van der Waals surface area contributed by atoms with Crippen LogP contribution in [0.4, 0.5) is 0 Å². The molecule has 0 fully saturated rings. The van der Waals surface area contributed by atoms with E-state index < -0.39 is 11.9 Å². The number of ether oxygens (including phenoxy) is 1. The van der Waals surface area contributed by atoms with E-state index in [1.807, 2.05) is 30.3 Å². The molecule has 0 radical (unpaired) electrons. The van der Waals surface area contributed by atoms with E-state index in [2.05, 4.69) is 6.92 Å². The minimum atomic E-state index is -1.13. The standard InChI is InChI=1S/C26H34O4/c1-2-3-4-5-6-7-8-9-13-20-24(21-16-11-10-12-17-21)30-26(29)23-19-15-14-18-22(23)25(27)28/h10-12,14-19,24H,2-9,13,20H2,1H3,(H,27,28). The summed E-state index contributed by atoms with van der Waals surface area (Å²) >= 11 is 0. The Kier molecular flexibility index (Phi) is 10.7. The van der Waals surface area contributed by atoms with Gasteiger partial charge in [0.05, 0.1) is 11.1 Å². The predicted octanol–water partition coefficient (Wildman–Crippen LogP) is 7.20. The molecule has 1 atom stereocenters. The number of unbranched alkanes of at least 4 members (excludes halogenated alkanes) is 8. The lowest BCUT2D eigenvalue weighted by Gasteiger charge is -2.19. The molecule has 0 aliphatic rings. The first-order chi connectivity index (χ1) is 14.6. The van der Waals surface area contributed by atoms with Gasteiger partial charge in [-0.25, -0.2) is 9.59 Å². The van der Waals surface area contributed by atoms with Gasteiger partial charge in [-0.05, 0) is 30.5 Å². The van der Waals surface area contributed by atoms with Crippen LogP contribution in [0.5, 0.6) is 0 Å². The van der Waals surface area contributed by atoms with Gasteiger partial charge in [0.2, 0.25) is 0 Å². The molecule has 0 aromatic heterocycles. The number of carboxylic acids is 1. The first kappa shape index (κ1) is 23.7. The lowest BCUT2D eigenvalue weighted by atomic mass is 10.0. The van der Waals surface area contributed by atoms with Crippen molar-refractivity contribution >= 4 is 11.9 Å². The summed E-state index contributed by atoms with van der Waals surface area (Å²) in [6, 6.07) is 15.9. The third-order valence-electron chi connectivity index (χ3n) is 5.37. The Morgan fingerprint density at radius 3 is 1.90 bits per heavy atom. The Labute approximate surface area is 180 Å². The molecule has 0 heterocycles. The molecule has 1 N–H and O–H groups in total. The highest BCUT2D eigenvalue weighted by molar-refractivity contribution is 6.02. The summed E-state index contributed by atoms with van der Waals surface area (Å²) in [7, 11) is 0. The van der Waals surface area contributed by atoms with Gasteiger partial charge in [0, 0.05) is 0 Å². The SMILES string of the molecule is CCCCCCCCCCCC(OC(=O)c1ccccc1C(=O)O)c1ccccc1. The second kappa shape index (κ2) is 13.6. The molecule has 0 saturated heterocycles. The maximum absolute atomic E-state index is 12.7. The molecule has 4 nitrogen and oxygen atoms in total. The van der Waals surface area contributed by atoms with Crippen molar-refractivity contribution in [3.8, 4) is 0 Å². The summed E-state index contributed by atoms with van der Waals surface area (Å²) in [5.74, 6) is -1.71. The number of aromatic carboxylic acids is 1. The highest BCUT2D eigenvalue weighted by atomic mass is 16.5. The van der Waals surface area contributed by atoms with E-state index in [1.54, 1.807) is 12.1 Å². The molecule has 0 amide bonds. The fourth-order valence-corrected chi connectivity index (χ4v) is 3.64. The summed E-state index contributed by atoms with van der Waals surface area (Å²) in [5.41, 5.74) is 1.01. The molecule has 0 aliphatic heterocycles. The summed E-state index contributed by atoms with van der Waals surface area (Å²) in [4.78, 5) is 24.2. The van der Waals surface area contributed by atoms with Gasteiger partial charge in [0.1, 0.15) is 6.10 Å². The zero-order valence-electron chi connectivity index (χ0n) is 18.0. The summed E-state index contributed by atoms with van der Waals surface area (Å²) < 4.78 is 5.78. The van der Waals surface area contributed by atoms with E-state index in [9.17, 15) is 14.7 Å². The van der Waals surface area contributed by atoms with Crippen molar-refractivity contribution in [2.45, 2.75) is 77.2 Å². The second-order valence-corrected chi connectivity index (χ2v) is 7.77. The first-order valence-corrected chi connectivity index (χ1v) is 11.2. The van der Waals surface area contributed by atoms with Gasteiger partial charge in [-0.3, -0.25) is 0 Å². The molecule has 0 spiro atoms. The van der Waals surface area contributed by atoms with E-state index in [-0.39, 0.29) is 17.2 Å². The van der Waals surface area contributed by atoms with Crippen molar-refractivity contribution in [2.24, 2.45) is 0 Å².